The SMILES string of the molecule is O=CCCc1ccc(OC(F)(F)F)cc1Br. The van der Waals surface area contributed by atoms with Crippen LogP contribution in [0.4, 0.5) is 13.2 Å². The Morgan fingerprint density at radius 3 is 2.56 bits per heavy atom. The van der Waals surface area contributed by atoms with E-state index in [1.165, 1.54) is 18.2 Å². The van der Waals surface area contributed by atoms with E-state index in [4.69, 9.17) is 0 Å². The van der Waals surface area contributed by atoms with Crippen molar-refractivity contribution in [3.8, 4) is 5.75 Å². The molecule has 2 nitrogen and oxygen atoms in total. The molecular weight excluding hydrogens is 289 g/mol. The second kappa shape index (κ2) is 5.34. The van der Waals surface area contributed by atoms with Crippen LogP contribution in [0.5, 0.6) is 5.75 Å². The Morgan fingerprint density at radius 1 is 1.38 bits per heavy atom. The van der Waals surface area contributed by atoms with Crippen LogP contribution in [0.15, 0.2) is 22.7 Å². The monoisotopic (exact) mass is 296 g/mol. The van der Waals surface area contributed by atoms with E-state index in [1.807, 2.05) is 0 Å². The van der Waals surface area contributed by atoms with Crippen LogP contribution in [-0.2, 0) is 11.2 Å². The second-order valence-electron chi connectivity index (χ2n) is 3.01. The van der Waals surface area contributed by atoms with Gasteiger partial charge in [-0.1, -0.05) is 22.0 Å². The highest BCUT2D eigenvalue weighted by molar-refractivity contribution is 9.10. The lowest BCUT2D eigenvalue weighted by molar-refractivity contribution is -0.274. The molecule has 0 amide bonds. The number of carbonyl (C=O) groups excluding carboxylic acids is 1. The molecular formula is C10H8BrF3O2. The van der Waals surface area contributed by atoms with E-state index in [1.54, 1.807) is 0 Å². The van der Waals surface area contributed by atoms with E-state index in [2.05, 4.69) is 20.7 Å². The summed E-state index contributed by atoms with van der Waals surface area (Å²) in [5, 5.41) is 0. The van der Waals surface area contributed by atoms with Crippen LogP contribution in [-0.4, -0.2) is 12.6 Å². The van der Waals surface area contributed by atoms with Gasteiger partial charge in [0, 0.05) is 10.9 Å². The fourth-order valence-corrected chi connectivity index (χ4v) is 1.70. The smallest absolute Gasteiger partial charge is 0.406 e. The molecule has 0 N–H and O–H groups in total. The summed E-state index contributed by atoms with van der Waals surface area (Å²) in [5.74, 6) is -0.283. The lowest BCUT2D eigenvalue weighted by Gasteiger charge is -2.10. The number of aldehydes is 1. The van der Waals surface area contributed by atoms with Gasteiger partial charge in [-0.3, -0.25) is 0 Å². The van der Waals surface area contributed by atoms with Gasteiger partial charge in [0.05, 0.1) is 0 Å². The number of alkyl halides is 3. The van der Waals surface area contributed by atoms with Crippen molar-refractivity contribution in [3.05, 3.63) is 28.2 Å². The van der Waals surface area contributed by atoms with E-state index in [9.17, 15) is 18.0 Å². The van der Waals surface area contributed by atoms with E-state index >= 15 is 0 Å². The van der Waals surface area contributed by atoms with Gasteiger partial charge in [0.25, 0.3) is 0 Å². The Hall–Kier alpha value is -1.04. The second-order valence-corrected chi connectivity index (χ2v) is 3.86. The first kappa shape index (κ1) is 13.0. The molecule has 0 aliphatic carbocycles. The number of ether oxygens (including phenoxy) is 1. The normalized spacial score (nSPS) is 11.2. The lowest BCUT2D eigenvalue weighted by Crippen LogP contribution is -2.17. The van der Waals surface area contributed by atoms with Gasteiger partial charge in [0.15, 0.2) is 0 Å². The predicted octanol–water partition coefficient (Wildman–Crippen LogP) is 3.48. The lowest BCUT2D eigenvalue weighted by atomic mass is 10.1. The maximum absolute atomic E-state index is 11.9. The number of benzene rings is 1. The molecule has 1 rings (SSSR count). The molecule has 16 heavy (non-hydrogen) atoms. The summed E-state index contributed by atoms with van der Waals surface area (Å²) in [6.45, 7) is 0. The highest BCUT2D eigenvalue weighted by atomic mass is 79.9. The van der Waals surface area contributed by atoms with E-state index < -0.39 is 6.36 Å². The van der Waals surface area contributed by atoms with Gasteiger partial charge in [-0.15, -0.1) is 13.2 Å². The summed E-state index contributed by atoms with van der Waals surface area (Å²) < 4.78 is 39.9. The Kier molecular flexibility index (Phi) is 4.35. The molecule has 0 aliphatic heterocycles. The van der Waals surface area contributed by atoms with E-state index in [0.717, 1.165) is 11.8 Å². The van der Waals surface area contributed by atoms with Crippen molar-refractivity contribution < 1.29 is 22.7 Å². The van der Waals surface area contributed by atoms with Crippen LogP contribution in [0, 0.1) is 0 Å². The van der Waals surface area contributed by atoms with Crippen molar-refractivity contribution in [2.45, 2.75) is 19.2 Å². The van der Waals surface area contributed by atoms with E-state index in [-0.39, 0.29) is 5.75 Å². The van der Waals surface area contributed by atoms with Gasteiger partial charge >= 0.3 is 6.36 Å². The maximum Gasteiger partial charge on any atom is 0.573 e. The largest absolute Gasteiger partial charge is 0.573 e. The molecule has 6 heteroatoms. The maximum atomic E-state index is 11.9. The van der Waals surface area contributed by atoms with Crippen molar-refractivity contribution in [3.63, 3.8) is 0 Å². The Bertz CT molecular complexity index is 377. The number of carbonyl (C=O) groups is 1. The van der Waals surface area contributed by atoms with Crippen LogP contribution < -0.4 is 4.74 Å². The molecule has 0 unspecified atom stereocenters. The molecule has 0 heterocycles. The molecule has 0 atom stereocenters. The van der Waals surface area contributed by atoms with Crippen LogP contribution >= 0.6 is 15.9 Å². The molecule has 0 fully saturated rings. The molecule has 0 aromatic heterocycles. The van der Waals surface area contributed by atoms with Crippen LogP contribution in [0.1, 0.15) is 12.0 Å². The van der Waals surface area contributed by atoms with Crippen LogP contribution in [0.2, 0.25) is 0 Å². The summed E-state index contributed by atoms with van der Waals surface area (Å²) >= 11 is 3.12. The average molecular weight is 297 g/mol. The molecule has 0 bridgehead atoms. The molecule has 0 spiro atoms. The first-order valence-corrected chi connectivity index (χ1v) is 5.19. The van der Waals surface area contributed by atoms with Gasteiger partial charge in [-0.25, -0.2) is 0 Å². The summed E-state index contributed by atoms with van der Waals surface area (Å²) in [5.41, 5.74) is 0.765. The fraction of sp³-hybridized carbons (Fsp3) is 0.300. The summed E-state index contributed by atoms with van der Waals surface area (Å²) in [7, 11) is 0. The molecule has 1 aromatic rings. The predicted molar refractivity (Wildman–Crippen MR) is 55.2 cm³/mol. The van der Waals surface area contributed by atoms with Gasteiger partial charge in [-0.2, -0.15) is 0 Å². The summed E-state index contributed by atoms with van der Waals surface area (Å²) in [4.78, 5) is 10.2. The highest BCUT2D eigenvalue weighted by Gasteiger charge is 2.31. The Balaban J connectivity index is 2.78. The highest BCUT2D eigenvalue weighted by Crippen LogP contribution is 2.28. The minimum Gasteiger partial charge on any atom is -0.406 e. The summed E-state index contributed by atoms with van der Waals surface area (Å²) in [6, 6.07) is 3.95. The number of aryl methyl sites for hydroxylation is 1. The fourth-order valence-electron chi connectivity index (χ4n) is 1.14. The van der Waals surface area contributed by atoms with Gasteiger partial charge in [0.1, 0.15) is 12.0 Å². The number of halogens is 4. The third kappa shape index (κ3) is 4.22. The van der Waals surface area contributed by atoms with Crippen molar-refractivity contribution in [2.75, 3.05) is 0 Å². The molecule has 0 saturated carbocycles. The quantitative estimate of drug-likeness (QED) is 0.795. The number of hydrogen-bond acceptors (Lipinski definition) is 2. The molecule has 88 valence electrons. The standard InChI is InChI=1S/C10H8BrF3O2/c11-9-6-8(16-10(12,13)14)4-3-7(9)2-1-5-15/h3-6H,1-2H2. The van der Waals surface area contributed by atoms with Crippen molar-refractivity contribution >= 4 is 22.2 Å². The zero-order valence-corrected chi connectivity index (χ0v) is 9.64. The number of rotatable bonds is 4. The van der Waals surface area contributed by atoms with Gasteiger partial charge in [-0.05, 0) is 24.1 Å². The van der Waals surface area contributed by atoms with Crippen LogP contribution in [0.25, 0.3) is 0 Å². The topological polar surface area (TPSA) is 26.3 Å². The first-order chi connectivity index (χ1) is 7.42. The third-order valence-electron chi connectivity index (χ3n) is 1.79. The Morgan fingerprint density at radius 2 is 2.06 bits per heavy atom. The Labute approximate surface area is 98.5 Å². The molecule has 0 radical (unpaired) electrons. The first-order valence-electron chi connectivity index (χ1n) is 4.40. The van der Waals surface area contributed by atoms with Gasteiger partial charge in [0.2, 0.25) is 0 Å². The minimum atomic E-state index is -4.69. The third-order valence-corrected chi connectivity index (χ3v) is 2.53. The number of hydrogen-bond donors (Lipinski definition) is 0. The van der Waals surface area contributed by atoms with Crippen molar-refractivity contribution in [1.82, 2.24) is 0 Å². The van der Waals surface area contributed by atoms with Crippen molar-refractivity contribution in [1.29, 1.82) is 0 Å². The average Bonchev–Trinajstić information content (AvgIpc) is 2.14. The molecule has 0 aliphatic rings. The summed E-state index contributed by atoms with van der Waals surface area (Å²) in [6.07, 6.45) is -3.12. The van der Waals surface area contributed by atoms with Gasteiger partial charge < -0.3 is 9.53 Å². The molecule has 0 saturated heterocycles. The zero-order valence-electron chi connectivity index (χ0n) is 8.05. The van der Waals surface area contributed by atoms with Crippen molar-refractivity contribution in [2.24, 2.45) is 0 Å². The molecule has 1 aromatic carbocycles. The van der Waals surface area contributed by atoms with E-state index in [0.29, 0.717) is 17.3 Å². The zero-order chi connectivity index (χ0) is 12.2. The van der Waals surface area contributed by atoms with Crippen LogP contribution in [0.3, 0.4) is 0 Å². The minimum absolute atomic E-state index is 0.283.